The average molecular weight is 384 g/mol. The summed E-state index contributed by atoms with van der Waals surface area (Å²) in [6.07, 6.45) is 7.75. The molecule has 1 nitrogen and oxygen atoms in total. The zero-order valence-electron chi connectivity index (χ0n) is 16.5. The zero-order chi connectivity index (χ0) is 20.3. The minimum atomic E-state index is 0.0376. The minimum absolute atomic E-state index is 0.0376. The molecule has 0 unspecified atom stereocenters. The molecule has 0 spiro atoms. The first-order valence-electron chi connectivity index (χ1n) is 10.1. The lowest BCUT2D eigenvalue weighted by atomic mass is 9.95. The van der Waals surface area contributed by atoms with Gasteiger partial charge in [0, 0.05) is 5.57 Å². The third-order valence-electron chi connectivity index (χ3n) is 5.47. The number of allylic oxidation sites excluding steroid dienone is 3. The smallest absolute Gasteiger partial charge is 0.186 e. The van der Waals surface area contributed by atoms with Crippen molar-refractivity contribution in [1.29, 1.82) is 0 Å². The molecule has 0 fully saturated rings. The molecule has 1 heteroatoms. The summed E-state index contributed by atoms with van der Waals surface area (Å²) in [5.74, 6) is 0.0376. The van der Waals surface area contributed by atoms with Gasteiger partial charge < -0.3 is 0 Å². The number of hydrogen-bond acceptors (Lipinski definition) is 1. The highest BCUT2D eigenvalue weighted by atomic mass is 16.1. The summed E-state index contributed by atoms with van der Waals surface area (Å²) in [4.78, 5) is 12.9. The predicted octanol–water partition coefficient (Wildman–Crippen LogP) is 5.04. The third-order valence-corrected chi connectivity index (χ3v) is 5.47. The number of carbonyl (C=O) groups excluding carboxylic acids is 1. The van der Waals surface area contributed by atoms with Crippen molar-refractivity contribution in [1.82, 2.24) is 0 Å². The molecular weight excluding hydrogens is 364 g/mol. The van der Waals surface area contributed by atoms with Crippen molar-refractivity contribution in [3.8, 4) is 0 Å². The van der Waals surface area contributed by atoms with E-state index in [1.807, 2.05) is 66.8 Å². The second kappa shape index (κ2) is 7.81. The van der Waals surface area contributed by atoms with Gasteiger partial charge in [-0.25, -0.2) is 0 Å². The van der Waals surface area contributed by atoms with Crippen LogP contribution in [0.15, 0.2) is 115 Å². The third kappa shape index (κ3) is 3.42. The highest BCUT2D eigenvalue weighted by molar-refractivity contribution is 6.23. The van der Waals surface area contributed by atoms with Crippen molar-refractivity contribution in [2.45, 2.75) is 0 Å². The Balaban J connectivity index is 1.65. The molecule has 142 valence electrons. The fourth-order valence-electron chi connectivity index (χ4n) is 3.95. The SMILES string of the molecule is O=C1C=c2c(ccc3ccccc23)=C/C1=C\C=C(c1ccccc1)c1ccccc1. The molecule has 0 atom stereocenters. The Hall–Kier alpha value is -3.97. The fourth-order valence-corrected chi connectivity index (χ4v) is 3.95. The predicted molar refractivity (Wildman–Crippen MR) is 125 cm³/mol. The molecule has 0 aliphatic heterocycles. The Morgan fingerprint density at radius 3 is 1.97 bits per heavy atom. The number of ketones is 1. The number of fused-ring (bicyclic) bond motifs is 3. The summed E-state index contributed by atoms with van der Waals surface area (Å²) < 4.78 is 0. The molecule has 0 heterocycles. The van der Waals surface area contributed by atoms with Gasteiger partial charge in [-0.1, -0.05) is 109 Å². The summed E-state index contributed by atoms with van der Waals surface area (Å²) in [6, 6.07) is 32.9. The summed E-state index contributed by atoms with van der Waals surface area (Å²) >= 11 is 0. The minimum Gasteiger partial charge on any atom is -0.289 e. The van der Waals surface area contributed by atoms with Crippen molar-refractivity contribution in [2.24, 2.45) is 0 Å². The molecule has 0 saturated carbocycles. The van der Waals surface area contributed by atoms with Gasteiger partial charge in [-0.3, -0.25) is 4.79 Å². The first-order valence-corrected chi connectivity index (χ1v) is 10.1. The number of Topliss-reactive ketones (excluding diaryl/α,β-unsaturated/α-hetero) is 1. The van der Waals surface area contributed by atoms with E-state index >= 15 is 0 Å². The first-order chi connectivity index (χ1) is 14.8. The quantitative estimate of drug-likeness (QED) is 0.452. The van der Waals surface area contributed by atoms with Crippen LogP contribution in [0.4, 0.5) is 0 Å². The summed E-state index contributed by atoms with van der Waals surface area (Å²) in [5.41, 5.74) is 4.04. The number of carbonyl (C=O) groups is 1. The van der Waals surface area contributed by atoms with Crippen LogP contribution in [-0.4, -0.2) is 5.78 Å². The van der Waals surface area contributed by atoms with Crippen LogP contribution in [-0.2, 0) is 4.79 Å². The fraction of sp³-hybridized carbons (Fsp3) is 0. The zero-order valence-corrected chi connectivity index (χ0v) is 16.5. The van der Waals surface area contributed by atoms with E-state index in [-0.39, 0.29) is 5.78 Å². The van der Waals surface area contributed by atoms with E-state index in [0.29, 0.717) is 5.57 Å². The van der Waals surface area contributed by atoms with E-state index in [9.17, 15) is 4.79 Å². The Kier molecular flexibility index (Phi) is 4.71. The molecule has 0 radical (unpaired) electrons. The number of rotatable bonds is 3. The van der Waals surface area contributed by atoms with Crippen LogP contribution in [0.1, 0.15) is 11.1 Å². The van der Waals surface area contributed by atoms with E-state index in [1.165, 1.54) is 0 Å². The van der Waals surface area contributed by atoms with Gasteiger partial charge in [-0.2, -0.15) is 0 Å². The Morgan fingerprint density at radius 1 is 0.633 bits per heavy atom. The molecule has 0 N–H and O–H groups in total. The lowest BCUT2D eigenvalue weighted by Crippen LogP contribution is -2.30. The second-order valence-corrected chi connectivity index (χ2v) is 7.38. The van der Waals surface area contributed by atoms with E-state index in [1.54, 1.807) is 6.08 Å². The van der Waals surface area contributed by atoms with Crippen LogP contribution in [0.3, 0.4) is 0 Å². The Morgan fingerprint density at radius 2 is 1.27 bits per heavy atom. The van der Waals surface area contributed by atoms with Gasteiger partial charge in [0.05, 0.1) is 0 Å². The highest BCUT2D eigenvalue weighted by Crippen LogP contribution is 2.24. The Labute approximate surface area is 175 Å². The molecular formula is C29H20O. The first kappa shape index (κ1) is 18.1. The van der Waals surface area contributed by atoms with Gasteiger partial charge in [-0.05, 0) is 50.1 Å². The molecule has 0 aromatic heterocycles. The van der Waals surface area contributed by atoms with E-state index in [4.69, 9.17) is 0 Å². The maximum Gasteiger partial charge on any atom is 0.186 e. The van der Waals surface area contributed by atoms with E-state index in [2.05, 4.69) is 48.5 Å². The summed E-state index contributed by atoms with van der Waals surface area (Å²) in [7, 11) is 0. The maximum atomic E-state index is 12.9. The highest BCUT2D eigenvalue weighted by Gasteiger charge is 2.10. The molecule has 0 amide bonds. The number of hydrogen-bond donors (Lipinski definition) is 0. The van der Waals surface area contributed by atoms with Crippen LogP contribution in [0, 0.1) is 0 Å². The van der Waals surface area contributed by atoms with Gasteiger partial charge >= 0.3 is 0 Å². The van der Waals surface area contributed by atoms with E-state index in [0.717, 1.165) is 37.9 Å². The van der Waals surface area contributed by atoms with Crippen molar-refractivity contribution in [2.75, 3.05) is 0 Å². The van der Waals surface area contributed by atoms with Gasteiger partial charge in [0.2, 0.25) is 0 Å². The lowest BCUT2D eigenvalue weighted by Gasteiger charge is -2.09. The molecule has 1 aliphatic carbocycles. The van der Waals surface area contributed by atoms with Crippen molar-refractivity contribution in [3.05, 3.63) is 136 Å². The molecule has 5 rings (SSSR count). The monoisotopic (exact) mass is 384 g/mol. The molecule has 0 saturated heterocycles. The molecule has 4 aromatic rings. The van der Waals surface area contributed by atoms with Crippen LogP contribution in [0.5, 0.6) is 0 Å². The summed E-state index contributed by atoms with van der Waals surface area (Å²) in [5, 5.41) is 4.35. The van der Waals surface area contributed by atoms with Gasteiger partial charge in [-0.15, -0.1) is 0 Å². The molecule has 30 heavy (non-hydrogen) atoms. The molecule has 1 aliphatic rings. The standard InChI is InChI=1S/C29H20O/c30-29-20-28-24(16-15-23-13-7-8-14-27(23)28)19-25(29)17-18-26(21-9-3-1-4-10-21)22-11-5-2-6-12-22/h1-20H/b25-17+. The van der Waals surface area contributed by atoms with Crippen molar-refractivity contribution < 1.29 is 4.79 Å². The normalized spacial score (nSPS) is 14.0. The molecule has 0 bridgehead atoms. The number of benzene rings is 4. The van der Waals surface area contributed by atoms with Crippen molar-refractivity contribution in [3.63, 3.8) is 0 Å². The lowest BCUT2D eigenvalue weighted by molar-refractivity contribution is -0.109. The average Bonchev–Trinajstić information content (AvgIpc) is 2.81. The van der Waals surface area contributed by atoms with Crippen LogP contribution < -0.4 is 10.4 Å². The maximum absolute atomic E-state index is 12.9. The van der Waals surface area contributed by atoms with Gasteiger partial charge in [0.15, 0.2) is 5.78 Å². The van der Waals surface area contributed by atoms with Gasteiger partial charge in [0.1, 0.15) is 0 Å². The largest absolute Gasteiger partial charge is 0.289 e. The van der Waals surface area contributed by atoms with E-state index < -0.39 is 0 Å². The van der Waals surface area contributed by atoms with Crippen LogP contribution in [0.2, 0.25) is 0 Å². The summed E-state index contributed by atoms with van der Waals surface area (Å²) in [6.45, 7) is 0. The van der Waals surface area contributed by atoms with Gasteiger partial charge in [0.25, 0.3) is 0 Å². The topological polar surface area (TPSA) is 17.1 Å². The van der Waals surface area contributed by atoms with Crippen molar-refractivity contribution >= 4 is 34.3 Å². The Bertz CT molecular complexity index is 1380. The second-order valence-electron chi connectivity index (χ2n) is 7.38. The molecule has 4 aromatic carbocycles. The van der Waals surface area contributed by atoms with Crippen LogP contribution in [0.25, 0.3) is 28.5 Å². The van der Waals surface area contributed by atoms with Crippen LogP contribution >= 0.6 is 0 Å².